The van der Waals surface area contributed by atoms with Crippen molar-refractivity contribution in [3.63, 3.8) is 0 Å². The fourth-order valence-corrected chi connectivity index (χ4v) is 3.28. The molecule has 5 nitrogen and oxygen atoms in total. The number of benzene rings is 2. The standard InChI is InChI=1S/C22H23NO4/c1-14-4-7-17(8-5-14)20(24)13-27-22(26)18-11-21(25)23(12-18)19-9-6-15(2)10-16(19)3/h4-10,18H,11-13H2,1-3H3/t18-/m0/s1. The monoisotopic (exact) mass is 365 g/mol. The number of ketones is 1. The second kappa shape index (κ2) is 7.74. The molecule has 0 N–H and O–H groups in total. The minimum Gasteiger partial charge on any atom is -0.457 e. The molecule has 5 heteroatoms. The number of Topliss-reactive ketones (excluding diaryl/α,β-unsaturated/α-hetero) is 1. The highest BCUT2D eigenvalue weighted by Gasteiger charge is 2.36. The van der Waals surface area contributed by atoms with Gasteiger partial charge in [-0.15, -0.1) is 0 Å². The lowest BCUT2D eigenvalue weighted by Gasteiger charge is -2.19. The number of rotatable bonds is 5. The van der Waals surface area contributed by atoms with Gasteiger partial charge in [-0.25, -0.2) is 0 Å². The number of aryl methyl sites for hydroxylation is 3. The summed E-state index contributed by atoms with van der Waals surface area (Å²) in [5, 5.41) is 0. The Kier molecular flexibility index (Phi) is 5.40. The van der Waals surface area contributed by atoms with Crippen LogP contribution < -0.4 is 4.90 Å². The smallest absolute Gasteiger partial charge is 0.311 e. The summed E-state index contributed by atoms with van der Waals surface area (Å²) < 4.78 is 5.19. The van der Waals surface area contributed by atoms with Gasteiger partial charge in [0.1, 0.15) is 0 Å². The van der Waals surface area contributed by atoms with Gasteiger partial charge in [-0.05, 0) is 32.4 Å². The van der Waals surface area contributed by atoms with Gasteiger partial charge in [0.15, 0.2) is 12.4 Å². The van der Waals surface area contributed by atoms with Gasteiger partial charge in [0, 0.05) is 24.2 Å². The minimum atomic E-state index is -0.552. The fraction of sp³-hybridized carbons (Fsp3) is 0.318. The predicted molar refractivity (Wildman–Crippen MR) is 103 cm³/mol. The summed E-state index contributed by atoms with van der Waals surface area (Å²) in [4.78, 5) is 38.5. The molecule has 3 rings (SSSR count). The molecule has 1 aliphatic heterocycles. The molecule has 0 saturated carbocycles. The molecule has 0 spiro atoms. The molecular formula is C22H23NO4. The normalized spacial score (nSPS) is 16.5. The quantitative estimate of drug-likeness (QED) is 0.602. The molecule has 1 amide bonds. The summed E-state index contributed by atoms with van der Waals surface area (Å²) in [6, 6.07) is 13.0. The molecule has 140 valence electrons. The van der Waals surface area contributed by atoms with Crippen LogP contribution in [0.15, 0.2) is 42.5 Å². The highest BCUT2D eigenvalue weighted by Crippen LogP contribution is 2.29. The van der Waals surface area contributed by atoms with Crippen LogP contribution in [0.5, 0.6) is 0 Å². The Hall–Kier alpha value is -2.95. The third kappa shape index (κ3) is 4.25. The number of ether oxygens (including phenoxy) is 1. The maximum absolute atomic E-state index is 12.4. The van der Waals surface area contributed by atoms with Crippen LogP contribution in [0.3, 0.4) is 0 Å². The molecule has 0 radical (unpaired) electrons. The van der Waals surface area contributed by atoms with Gasteiger partial charge in [-0.2, -0.15) is 0 Å². The molecular weight excluding hydrogens is 342 g/mol. The van der Waals surface area contributed by atoms with E-state index in [-0.39, 0.29) is 31.3 Å². The Balaban J connectivity index is 1.60. The first kappa shape index (κ1) is 18.8. The number of carbonyl (C=O) groups is 3. The topological polar surface area (TPSA) is 63.7 Å². The van der Waals surface area contributed by atoms with Gasteiger partial charge in [0.05, 0.1) is 5.92 Å². The first-order valence-corrected chi connectivity index (χ1v) is 8.99. The summed E-state index contributed by atoms with van der Waals surface area (Å²) in [5.74, 6) is -1.41. The van der Waals surface area contributed by atoms with Gasteiger partial charge in [0.2, 0.25) is 5.91 Å². The Morgan fingerprint density at radius 1 is 1.04 bits per heavy atom. The number of nitrogens with zero attached hydrogens (tertiary/aromatic N) is 1. The van der Waals surface area contributed by atoms with Crippen molar-refractivity contribution in [2.75, 3.05) is 18.1 Å². The lowest BCUT2D eigenvalue weighted by Crippen LogP contribution is -2.27. The molecule has 2 aromatic rings. The van der Waals surface area contributed by atoms with Crippen molar-refractivity contribution < 1.29 is 19.1 Å². The highest BCUT2D eigenvalue weighted by atomic mass is 16.5. The van der Waals surface area contributed by atoms with E-state index in [1.165, 1.54) is 0 Å². The summed E-state index contributed by atoms with van der Waals surface area (Å²) in [6.07, 6.45) is 0.102. The van der Waals surface area contributed by atoms with E-state index in [2.05, 4.69) is 0 Å². The predicted octanol–water partition coefficient (Wildman–Crippen LogP) is 3.39. The molecule has 2 aromatic carbocycles. The minimum absolute atomic E-state index is 0.102. The van der Waals surface area contributed by atoms with E-state index in [0.717, 1.165) is 22.4 Å². The van der Waals surface area contributed by atoms with Gasteiger partial charge in [-0.3, -0.25) is 14.4 Å². The lowest BCUT2D eigenvalue weighted by molar-refractivity contribution is -0.147. The van der Waals surface area contributed by atoms with Crippen molar-refractivity contribution in [2.24, 2.45) is 5.92 Å². The van der Waals surface area contributed by atoms with Crippen molar-refractivity contribution in [2.45, 2.75) is 27.2 Å². The molecule has 27 heavy (non-hydrogen) atoms. The summed E-state index contributed by atoms with van der Waals surface area (Å²) in [5.41, 5.74) is 4.49. The van der Waals surface area contributed by atoms with Gasteiger partial charge in [-0.1, -0.05) is 47.5 Å². The van der Waals surface area contributed by atoms with Crippen molar-refractivity contribution >= 4 is 23.3 Å². The second-order valence-corrected chi connectivity index (χ2v) is 7.09. The van der Waals surface area contributed by atoms with Crippen LogP contribution in [0.4, 0.5) is 5.69 Å². The van der Waals surface area contributed by atoms with Crippen LogP contribution >= 0.6 is 0 Å². The van der Waals surface area contributed by atoms with Gasteiger partial charge < -0.3 is 9.64 Å². The molecule has 1 fully saturated rings. The zero-order valence-electron chi connectivity index (χ0n) is 15.8. The number of amides is 1. The first-order valence-electron chi connectivity index (χ1n) is 8.99. The number of esters is 1. The van der Waals surface area contributed by atoms with Crippen LogP contribution in [0.1, 0.15) is 33.5 Å². The van der Waals surface area contributed by atoms with Gasteiger partial charge >= 0.3 is 5.97 Å². The zero-order chi connectivity index (χ0) is 19.6. The second-order valence-electron chi connectivity index (χ2n) is 7.09. The third-order valence-electron chi connectivity index (χ3n) is 4.82. The van der Waals surface area contributed by atoms with E-state index in [9.17, 15) is 14.4 Å². The average molecular weight is 365 g/mol. The van der Waals surface area contributed by atoms with Crippen LogP contribution in [0.25, 0.3) is 0 Å². The Bertz CT molecular complexity index is 886. The van der Waals surface area contributed by atoms with Crippen molar-refractivity contribution in [3.8, 4) is 0 Å². The fourth-order valence-electron chi connectivity index (χ4n) is 3.28. The van der Waals surface area contributed by atoms with E-state index in [1.54, 1.807) is 17.0 Å². The zero-order valence-corrected chi connectivity index (χ0v) is 15.8. The average Bonchev–Trinajstić information content (AvgIpc) is 3.01. The number of carbonyl (C=O) groups excluding carboxylic acids is 3. The molecule has 1 atom stereocenters. The number of anilines is 1. The van der Waals surface area contributed by atoms with Gasteiger partial charge in [0.25, 0.3) is 0 Å². The molecule has 0 unspecified atom stereocenters. The SMILES string of the molecule is Cc1ccc(C(=O)COC(=O)[C@H]2CC(=O)N(c3ccc(C)cc3C)C2)cc1. The first-order chi connectivity index (χ1) is 12.8. The maximum Gasteiger partial charge on any atom is 0.311 e. The van der Waals surface area contributed by atoms with E-state index in [1.807, 2.05) is 51.1 Å². The van der Waals surface area contributed by atoms with Crippen LogP contribution in [-0.4, -0.2) is 30.8 Å². The summed E-state index contributed by atoms with van der Waals surface area (Å²) in [7, 11) is 0. The van der Waals surface area contributed by atoms with Crippen LogP contribution in [0.2, 0.25) is 0 Å². The molecule has 0 aromatic heterocycles. The molecule has 0 aliphatic carbocycles. The van der Waals surface area contributed by atoms with Crippen molar-refractivity contribution in [1.29, 1.82) is 0 Å². The van der Waals surface area contributed by atoms with Crippen molar-refractivity contribution in [1.82, 2.24) is 0 Å². The summed E-state index contributed by atoms with van der Waals surface area (Å²) >= 11 is 0. The highest BCUT2D eigenvalue weighted by molar-refractivity contribution is 6.01. The maximum atomic E-state index is 12.4. The molecule has 1 aliphatic rings. The van der Waals surface area contributed by atoms with E-state index < -0.39 is 11.9 Å². The summed E-state index contributed by atoms with van der Waals surface area (Å²) in [6.45, 7) is 5.85. The number of hydrogen-bond acceptors (Lipinski definition) is 4. The van der Waals surface area contributed by atoms with E-state index in [4.69, 9.17) is 4.74 Å². The largest absolute Gasteiger partial charge is 0.457 e. The lowest BCUT2D eigenvalue weighted by atomic mass is 10.1. The van der Waals surface area contributed by atoms with Crippen LogP contribution in [0, 0.1) is 26.7 Å². The van der Waals surface area contributed by atoms with E-state index in [0.29, 0.717) is 5.56 Å². The van der Waals surface area contributed by atoms with Crippen LogP contribution in [-0.2, 0) is 14.3 Å². The van der Waals surface area contributed by atoms with Crippen molar-refractivity contribution in [3.05, 3.63) is 64.7 Å². The molecule has 1 heterocycles. The Morgan fingerprint density at radius 3 is 2.37 bits per heavy atom. The number of hydrogen-bond donors (Lipinski definition) is 0. The molecule has 0 bridgehead atoms. The third-order valence-corrected chi connectivity index (χ3v) is 4.82. The van der Waals surface area contributed by atoms with E-state index >= 15 is 0 Å². The Labute approximate surface area is 158 Å². The Morgan fingerprint density at radius 2 is 1.70 bits per heavy atom. The molecule has 1 saturated heterocycles.